The summed E-state index contributed by atoms with van der Waals surface area (Å²) in [5, 5.41) is 7.82. The van der Waals surface area contributed by atoms with Crippen molar-refractivity contribution in [2.45, 2.75) is 0 Å². The van der Waals surface area contributed by atoms with Gasteiger partial charge in [-0.05, 0) is 0 Å². The maximum absolute atomic E-state index is 9.47. The summed E-state index contributed by atoms with van der Waals surface area (Å²) in [7, 11) is 0. The molecule has 0 aromatic heterocycles. The van der Waals surface area contributed by atoms with Crippen LogP contribution in [0.2, 0.25) is 0 Å². The number of rotatable bonds is 1. The van der Waals surface area contributed by atoms with Crippen molar-refractivity contribution in [1.82, 2.24) is 0 Å². The van der Waals surface area contributed by atoms with Crippen LogP contribution >= 0.6 is 0 Å². The quantitative estimate of drug-likeness (QED) is 0.542. The van der Waals surface area contributed by atoms with E-state index in [1.54, 1.807) is 0 Å². The minimum absolute atomic E-state index is 0. The van der Waals surface area contributed by atoms with Gasteiger partial charge in [-0.1, -0.05) is 0 Å². The summed E-state index contributed by atoms with van der Waals surface area (Å²) in [6.07, 6.45) is 0. The molecule has 0 heterocycles. The van der Waals surface area contributed by atoms with Gasteiger partial charge < -0.3 is 0 Å². The molecule has 0 aromatic carbocycles. The van der Waals surface area contributed by atoms with Gasteiger partial charge in [-0.15, -0.1) is 0 Å². The molecule has 0 rings (SSSR count). The van der Waals surface area contributed by atoms with Crippen LogP contribution in [0.25, 0.3) is 0 Å². The molecule has 0 aromatic rings. The molecule has 0 bridgehead atoms. The maximum atomic E-state index is 9.47. The van der Waals surface area contributed by atoms with Crippen molar-refractivity contribution in [3.8, 4) is 0 Å². The molecule has 1 unspecified atom stereocenters. The van der Waals surface area contributed by atoms with E-state index in [1.165, 1.54) is 0 Å². The normalized spacial score (nSPS) is 8.00. The van der Waals surface area contributed by atoms with Crippen LogP contribution < -0.4 is 0 Å². The summed E-state index contributed by atoms with van der Waals surface area (Å²) in [6, 6.07) is 0. The van der Waals surface area contributed by atoms with Crippen molar-refractivity contribution in [2.24, 2.45) is 0 Å². The zero-order valence-corrected chi connectivity index (χ0v) is 9.15. The Hall–Kier alpha value is 1.53. The van der Waals surface area contributed by atoms with Crippen LogP contribution in [-0.4, -0.2) is 65.4 Å². The molecular formula is CH7AsGaInO2. The van der Waals surface area contributed by atoms with Crippen molar-refractivity contribution < 1.29 is 9.90 Å². The van der Waals surface area contributed by atoms with Crippen LogP contribution in [0.15, 0.2) is 0 Å². The molecule has 1 atom stereocenters. The summed E-state index contributed by atoms with van der Waals surface area (Å²) in [5.41, 5.74) is 0. The van der Waals surface area contributed by atoms with Gasteiger partial charge in [0, 0.05) is 0 Å². The van der Waals surface area contributed by atoms with E-state index in [1.807, 2.05) is 0 Å². The van der Waals surface area contributed by atoms with Crippen molar-refractivity contribution >= 4 is 60.3 Å². The number of hydrogen-bond acceptors (Lipinski definition) is 1. The topological polar surface area (TPSA) is 37.3 Å². The monoisotopic (exact) mass is 310 g/mol. The molecule has 0 fully saturated rings. The Balaban J connectivity index is 0. The summed E-state index contributed by atoms with van der Waals surface area (Å²) in [6.45, 7) is 0. The molecule has 34 valence electrons. The average Bonchev–Trinajstić information content (AvgIpc) is 1.38. The van der Waals surface area contributed by atoms with E-state index in [0.29, 0.717) is 16.4 Å². The second kappa shape index (κ2) is 6.53. The Morgan fingerprint density at radius 2 is 2.00 bits per heavy atom. The Morgan fingerprint density at radius 3 is 2.00 bits per heavy atom. The molecule has 5 heteroatoms. The summed E-state index contributed by atoms with van der Waals surface area (Å²) in [4.78, 5) is 9.47. The number of carbonyl (C=O) groups is 1. The van der Waals surface area contributed by atoms with Crippen molar-refractivity contribution in [2.75, 3.05) is 0 Å². The van der Waals surface area contributed by atoms with Crippen LogP contribution in [0.1, 0.15) is 0 Å². The van der Waals surface area contributed by atoms with Crippen molar-refractivity contribution in [3.63, 3.8) is 0 Å². The van der Waals surface area contributed by atoms with Gasteiger partial charge in [0.2, 0.25) is 0 Å². The molecule has 0 radical (unpaired) electrons. The SMILES string of the molecule is O=C(O)[AsH][GaH2].[InH3]. The van der Waals surface area contributed by atoms with Gasteiger partial charge in [-0.25, -0.2) is 0 Å². The third kappa shape index (κ3) is 9.11. The van der Waals surface area contributed by atoms with E-state index in [9.17, 15) is 4.79 Å². The molecule has 1 N–H and O–H groups in total. The van der Waals surface area contributed by atoms with Crippen LogP contribution in [0, 0.1) is 0 Å². The number of carboxylic acid groups (broad SMARTS) is 1. The van der Waals surface area contributed by atoms with E-state index >= 15 is 0 Å². The van der Waals surface area contributed by atoms with Crippen molar-refractivity contribution in [3.05, 3.63) is 0 Å². The van der Waals surface area contributed by atoms with Crippen LogP contribution in [0.3, 0.4) is 0 Å². The fourth-order valence-corrected chi connectivity index (χ4v) is 0. The standard InChI is InChI=1S/CH2AsO2.Ga.In.5H/c2-1(3)4;;;;;;;/h2H,(H,3,4);;;;;;;/q-1;+1;;;;;;. The molecule has 0 aliphatic rings. The first-order valence-corrected chi connectivity index (χ1v) is 15.2. The summed E-state index contributed by atoms with van der Waals surface area (Å²) in [5.74, 6) is 0. The zero-order valence-electron chi connectivity index (χ0n) is 2.86. The third-order valence-corrected chi connectivity index (χ3v) is 5.77. The Bertz CT molecular complexity index is 48.8. The molecule has 0 amide bonds. The van der Waals surface area contributed by atoms with Gasteiger partial charge >= 0.3 is 70.2 Å². The first-order chi connectivity index (χ1) is 2.27. The third-order valence-electron chi connectivity index (χ3n) is 0.214. The molecule has 2 nitrogen and oxygen atoms in total. The van der Waals surface area contributed by atoms with E-state index in [4.69, 9.17) is 5.11 Å². The fourth-order valence-electron chi connectivity index (χ4n) is 0. The fraction of sp³-hybridized carbons (Fsp3) is 0. The van der Waals surface area contributed by atoms with Gasteiger partial charge in [0.15, 0.2) is 0 Å². The molecule has 0 aliphatic heterocycles. The Labute approximate surface area is 69.5 Å². The van der Waals surface area contributed by atoms with Gasteiger partial charge in [0.25, 0.3) is 0 Å². The predicted molar refractivity (Wildman–Crippen MR) is 33.7 cm³/mol. The molecule has 0 saturated carbocycles. The van der Waals surface area contributed by atoms with E-state index in [0.717, 1.165) is 0 Å². The van der Waals surface area contributed by atoms with Crippen LogP contribution in [0.4, 0.5) is 4.79 Å². The second-order valence-corrected chi connectivity index (χ2v) is 7.95. The van der Waals surface area contributed by atoms with Crippen LogP contribution in [0.5, 0.6) is 0 Å². The first kappa shape index (κ1) is 10.5. The molecule has 0 aliphatic carbocycles. The first-order valence-electron chi connectivity index (χ1n) is 1.18. The summed E-state index contributed by atoms with van der Waals surface area (Å²) < 4.78 is -0.537. The molecule has 0 spiro atoms. The summed E-state index contributed by atoms with van der Waals surface area (Å²) >= 11 is 0.159. The van der Waals surface area contributed by atoms with Gasteiger partial charge in [0.05, 0.1) is 0 Å². The zero-order chi connectivity index (χ0) is 4.28. The van der Waals surface area contributed by atoms with E-state index in [-0.39, 0.29) is 25.8 Å². The second-order valence-electron chi connectivity index (χ2n) is 0.555. The average molecular weight is 311 g/mol. The molecular weight excluding hydrogens is 303 g/mol. The minimum atomic E-state index is -0.537. The van der Waals surface area contributed by atoms with Gasteiger partial charge in [0.1, 0.15) is 0 Å². The van der Waals surface area contributed by atoms with Gasteiger partial charge in [-0.3, -0.25) is 0 Å². The predicted octanol–water partition coefficient (Wildman–Crippen LogP) is -2.53. The van der Waals surface area contributed by atoms with Crippen molar-refractivity contribution in [1.29, 1.82) is 0 Å². The van der Waals surface area contributed by atoms with Crippen LogP contribution in [-0.2, 0) is 0 Å². The molecule has 6 heavy (non-hydrogen) atoms. The Morgan fingerprint density at radius 1 is 1.83 bits per heavy atom. The Kier molecular flexibility index (Phi) is 11.4. The van der Waals surface area contributed by atoms with E-state index < -0.39 is 18.1 Å². The number of hydrogen-bond donors (Lipinski definition) is 1. The van der Waals surface area contributed by atoms with Gasteiger partial charge in [-0.2, -0.15) is 0 Å². The molecule has 0 saturated heterocycles. The van der Waals surface area contributed by atoms with E-state index in [2.05, 4.69) is 0 Å².